The van der Waals surface area contributed by atoms with Crippen molar-refractivity contribution >= 4 is 33.0 Å². The summed E-state index contributed by atoms with van der Waals surface area (Å²) < 4.78 is 80.9. The molecule has 1 amide bonds. The van der Waals surface area contributed by atoms with E-state index in [-0.39, 0.29) is 22.2 Å². The minimum atomic E-state index is -4.38. The molecule has 13 heteroatoms. The van der Waals surface area contributed by atoms with Gasteiger partial charge in [0, 0.05) is 18.3 Å². The third kappa shape index (κ3) is 4.23. The van der Waals surface area contributed by atoms with Gasteiger partial charge in [-0.3, -0.25) is 4.79 Å². The van der Waals surface area contributed by atoms with Crippen LogP contribution in [0.15, 0.2) is 41.3 Å². The summed E-state index contributed by atoms with van der Waals surface area (Å²) in [5, 5.41) is 10.1. The second kappa shape index (κ2) is 8.56. The van der Waals surface area contributed by atoms with Crippen molar-refractivity contribution in [2.75, 3.05) is 11.9 Å². The molecule has 1 aromatic heterocycles. The first-order valence-corrected chi connectivity index (χ1v) is 11.5. The number of sulfonamides is 1. The fourth-order valence-corrected chi connectivity index (χ4v) is 5.99. The molecule has 2 heterocycles. The van der Waals surface area contributed by atoms with Crippen LogP contribution < -0.4 is 5.32 Å². The number of carbonyl (C=O) groups excluding carboxylic acids is 1. The van der Waals surface area contributed by atoms with Crippen molar-refractivity contribution in [1.82, 2.24) is 14.5 Å². The second-order valence-electron chi connectivity index (χ2n) is 6.88. The van der Waals surface area contributed by atoms with Crippen LogP contribution in [-0.4, -0.2) is 35.4 Å². The first kappa shape index (κ1) is 22.3. The summed E-state index contributed by atoms with van der Waals surface area (Å²) in [6.07, 6.45) is 0.784. The van der Waals surface area contributed by atoms with Crippen molar-refractivity contribution < 1.29 is 30.8 Å². The van der Waals surface area contributed by atoms with Gasteiger partial charge in [-0.1, -0.05) is 11.3 Å². The molecule has 1 N–H and O–H groups in total. The van der Waals surface area contributed by atoms with Crippen molar-refractivity contribution in [2.24, 2.45) is 0 Å². The Balaban J connectivity index is 1.57. The maximum absolute atomic E-state index is 14.1. The molecule has 0 radical (unpaired) electrons. The van der Waals surface area contributed by atoms with E-state index in [0.29, 0.717) is 18.9 Å². The van der Waals surface area contributed by atoms with Gasteiger partial charge in [0.15, 0.2) is 11.6 Å². The zero-order valence-corrected chi connectivity index (χ0v) is 17.7. The van der Waals surface area contributed by atoms with Crippen molar-refractivity contribution in [3.05, 3.63) is 69.7 Å². The highest BCUT2D eigenvalue weighted by atomic mass is 32.2. The van der Waals surface area contributed by atoms with Crippen LogP contribution in [0.2, 0.25) is 0 Å². The van der Waals surface area contributed by atoms with E-state index in [1.54, 1.807) is 0 Å². The van der Waals surface area contributed by atoms with Crippen LogP contribution in [-0.2, 0) is 10.0 Å². The van der Waals surface area contributed by atoms with Crippen LogP contribution >= 0.6 is 11.3 Å². The van der Waals surface area contributed by atoms with E-state index in [4.69, 9.17) is 0 Å². The number of hydrogen-bond donors (Lipinski definition) is 1. The standard InChI is InChI=1S/C19H14F4N4O3S2/c20-10-3-5-13(22)16(8-10)32(29,30)27-7-1-2-15(27)18-25-26-19(31-18)17(28)24-11-4-6-12(21)14(23)9-11/h3-6,8-9,15H,1-2,7H2,(H,24,28). The van der Waals surface area contributed by atoms with Gasteiger partial charge in [0.05, 0.1) is 6.04 Å². The number of aromatic nitrogens is 2. The van der Waals surface area contributed by atoms with E-state index in [1.807, 2.05) is 0 Å². The summed E-state index contributed by atoms with van der Waals surface area (Å²) in [5.74, 6) is -4.94. The Labute approximate surface area is 183 Å². The molecule has 2 aromatic carbocycles. The summed E-state index contributed by atoms with van der Waals surface area (Å²) in [4.78, 5) is 11.6. The zero-order chi connectivity index (χ0) is 23.0. The van der Waals surface area contributed by atoms with E-state index >= 15 is 0 Å². The van der Waals surface area contributed by atoms with E-state index in [9.17, 15) is 30.8 Å². The highest BCUT2D eigenvalue weighted by Crippen LogP contribution is 2.38. The lowest BCUT2D eigenvalue weighted by Crippen LogP contribution is -2.31. The van der Waals surface area contributed by atoms with Crippen LogP contribution in [0.3, 0.4) is 0 Å². The van der Waals surface area contributed by atoms with Crippen LogP contribution in [0.5, 0.6) is 0 Å². The molecule has 1 atom stereocenters. The Kier molecular flexibility index (Phi) is 5.97. The molecule has 1 saturated heterocycles. The number of benzene rings is 2. The van der Waals surface area contributed by atoms with Gasteiger partial charge >= 0.3 is 0 Å². The molecule has 7 nitrogen and oxygen atoms in total. The molecular formula is C19H14F4N4O3S2. The highest BCUT2D eigenvalue weighted by molar-refractivity contribution is 7.89. The van der Waals surface area contributed by atoms with Crippen LogP contribution in [0.25, 0.3) is 0 Å². The Morgan fingerprint density at radius 1 is 1.03 bits per heavy atom. The normalized spacial score (nSPS) is 16.9. The Morgan fingerprint density at radius 3 is 2.53 bits per heavy atom. The molecule has 3 aromatic rings. The zero-order valence-electron chi connectivity index (χ0n) is 16.1. The van der Waals surface area contributed by atoms with Crippen molar-refractivity contribution in [1.29, 1.82) is 0 Å². The predicted molar refractivity (Wildman–Crippen MR) is 106 cm³/mol. The third-order valence-electron chi connectivity index (χ3n) is 4.78. The van der Waals surface area contributed by atoms with Gasteiger partial charge in [-0.15, -0.1) is 10.2 Å². The molecule has 1 aliphatic heterocycles. The topological polar surface area (TPSA) is 92.3 Å². The quantitative estimate of drug-likeness (QED) is 0.553. The average molecular weight is 486 g/mol. The van der Waals surface area contributed by atoms with Crippen molar-refractivity contribution in [2.45, 2.75) is 23.8 Å². The molecule has 32 heavy (non-hydrogen) atoms. The lowest BCUT2D eigenvalue weighted by Gasteiger charge is -2.22. The van der Waals surface area contributed by atoms with E-state index in [2.05, 4.69) is 15.5 Å². The minimum Gasteiger partial charge on any atom is -0.320 e. The Bertz CT molecular complexity index is 1300. The maximum Gasteiger partial charge on any atom is 0.286 e. The second-order valence-corrected chi connectivity index (χ2v) is 9.75. The molecule has 1 unspecified atom stereocenters. The van der Waals surface area contributed by atoms with Crippen LogP contribution in [0.4, 0.5) is 23.2 Å². The maximum atomic E-state index is 14.1. The summed E-state index contributed by atoms with van der Waals surface area (Å²) >= 11 is 0.811. The number of nitrogens with one attached hydrogen (secondary N) is 1. The van der Waals surface area contributed by atoms with Crippen LogP contribution in [0, 0.1) is 23.3 Å². The molecule has 0 spiro atoms. The van der Waals surface area contributed by atoms with Crippen molar-refractivity contribution in [3.63, 3.8) is 0 Å². The molecule has 0 aliphatic carbocycles. The van der Waals surface area contributed by atoms with E-state index in [0.717, 1.165) is 46.0 Å². The summed E-state index contributed by atoms with van der Waals surface area (Å²) in [5.41, 5.74) is -0.00250. The number of amides is 1. The van der Waals surface area contributed by atoms with Crippen molar-refractivity contribution in [3.8, 4) is 0 Å². The smallest absolute Gasteiger partial charge is 0.286 e. The van der Waals surface area contributed by atoms with E-state index < -0.39 is 50.1 Å². The van der Waals surface area contributed by atoms with Gasteiger partial charge in [0.25, 0.3) is 5.91 Å². The number of halogens is 4. The molecule has 0 saturated carbocycles. The fourth-order valence-electron chi connectivity index (χ4n) is 3.30. The molecule has 1 fully saturated rings. The van der Waals surface area contributed by atoms with Gasteiger partial charge in [0.2, 0.25) is 15.0 Å². The predicted octanol–water partition coefficient (Wildman–Crippen LogP) is 3.87. The van der Waals surface area contributed by atoms with E-state index in [1.165, 1.54) is 0 Å². The molecule has 168 valence electrons. The van der Waals surface area contributed by atoms with Gasteiger partial charge in [-0.2, -0.15) is 4.31 Å². The lowest BCUT2D eigenvalue weighted by molar-refractivity contribution is 0.102. The Hall–Kier alpha value is -2.90. The van der Waals surface area contributed by atoms with Gasteiger partial charge in [0.1, 0.15) is 21.5 Å². The van der Waals surface area contributed by atoms with Gasteiger partial charge in [-0.25, -0.2) is 26.0 Å². The highest BCUT2D eigenvalue weighted by Gasteiger charge is 2.39. The van der Waals surface area contributed by atoms with Gasteiger partial charge < -0.3 is 5.32 Å². The number of nitrogens with zero attached hydrogens (tertiary/aromatic N) is 3. The average Bonchev–Trinajstić information content (AvgIpc) is 3.42. The monoisotopic (exact) mass is 486 g/mol. The SMILES string of the molecule is O=C(Nc1ccc(F)c(F)c1)c1nnc(C2CCCN2S(=O)(=O)c2cc(F)ccc2F)s1. The molecular weight excluding hydrogens is 472 g/mol. The number of anilines is 1. The third-order valence-corrected chi connectivity index (χ3v) is 7.73. The summed E-state index contributed by atoms with van der Waals surface area (Å²) in [6, 6.07) is 4.16. The first-order valence-electron chi connectivity index (χ1n) is 9.23. The summed E-state index contributed by atoms with van der Waals surface area (Å²) in [7, 11) is -4.38. The van der Waals surface area contributed by atoms with Crippen LogP contribution in [0.1, 0.15) is 33.7 Å². The number of rotatable bonds is 5. The number of carbonyl (C=O) groups is 1. The minimum absolute atomic E-state index is 0.00250. The lowest BCUT2D eigenvalue weighted by atomic mass is 10.2. The first-order chi connectivity index (χ1) is 15.2. The Morgan fingerprint density at radius 2 is 1.78 bits per heavy atom. The fraction of sp³-hybridized carbons (Fsp3) is 0.211. The van der Waals surface area contributed by atoms with Gasteiger partial charge in [-0.05, 0) is 43.2 Å². The molecule has 0 bridgehead atoms. The molecule has 4 rings (SSSR count). The largest absolute Gasteiger partial charge is 0.320 e. The molecule has 1 aliphatic rings. The number of hydrogen-bond acceptors (Lipinski definition) is 6. The summed E-state index contributed by atoms with van der Waals surface area (Å²) in [6.45, 7) is 0.0545.